The molecule has 0 aromatic heterocycles. The number of sulfone groups is 1. The monoisotopic (exact) mass is 508 g/mol. The van der Waals surface area contributed by atoms with Crippen LogP contribution in [0.4, 0.5) is 5.69 Å². The number of benzene rings is 2. The van der Waals surface area contributed by atoms with Crippen molar-refractivity contribution in [3.8, 4) is 5.75 Å². The van der Waals surface area contributed by atoms with E-state index in [1.807, 2.05) is 19.1 Å². The molecule has 1 N–H and O–H groups in total. The molecule has 7 nitrogen and oxygen atoms in total. The second kappa shape index (κ2) is 9.40. The van der Waals surface area contributed by atoms with E-state index in [0.29, 0.717) is 23.1 Å². The third-order valence-corrected chi connectivity index (χ3v) is 7.94. The Morgan fingerprint density at radius 3 is 2.52 bits per heavy atom. The molecule has 0 bridgehead atoms. The number of methoxy groups -OCH3 is 1. The minimum atomic E-state index is -3.73. The summed E-state index contributed by atoms with van der Waals surface area (Å²) in [5, 5.41) is 2.74. The van der Waals surface area contributed by atoms with Crippen LogP contribution in [0, 0.1) is 0 Å². The summed E-state index contributed by atoms with van der Waals surface area (Å²) in [5.41, 5.74) is 2.42. The molecule has 0 radical (unpaired) electrons. The van der Waals surface area contributed by atoms with E-state index in [1.54, 1.807) is 30.2 Å². The maximum absolute atomic E-state index is 12.9. The molecule has 1 atom stereocenters. The van der Waals surface area contributed by atoms with Gasteiger partial charge in [-0.25, -0.2) is 8.42 Å². The Kier molecular flexibility index (Phi) is 7.06. The van der Waals surface area contributed by atoms with E-state index in [1.165, 1.54) is 13.0 Å². The first-order valence-electron chi connectivity index (χ1n) is 9.87. The molecule has 0 unspecified atom stereocenters. The van der Waals surface area contributed by atoms with Crippen molar-refractivity contribution in [2.75, 3.05) is 17.8 Å². The summed E-state index contributed by atoms with van der Waals surface area (Å²) in [6, 6.07) is 10.5. The first-order chi connectivity index (χ1) is 14.6. The van der Waals surface area contributed by atoms with Crippen molar-refractivity contribution in [3.05, 3.63) is 52.0 Å². The average molecular weight is 509 g/mol. The van der Waals surface area contributed by atoms with Crippen molar-refractivity contribution in [2.24, 2.45) is 0 Å². The van der Waals surface area contributed by atoms with Crippen LogP contribution in [0.3, 0.4) is 0 Å². The average Bonchev–Trinajstić information content (AvgIpc) is 3.05. The largest absolute Gasteiger partial charge is 0.497 e. The fourth-order valence-corrected chi connectivity index (χ4v) is 6.16. The van der Waals surface area contributed by atoms with Crippen LogP contribution >= 0.6 is 15.9 Å². The highest BCUT2D eigenvalue weighted by Crippen LogP contribution is 2.38. The summed E-state index contributed by atoms with van der Waals surface area (Å²) in [6.07, 6.45) is 0.510. The number of nitrogens with zero attached hydrogens (tertiary/aromatic N) is 1. The Balaban J connectivity index is 1.67. The summed E-state index contributed by atoms with van der Waals surface area (Å²) in [5.74, 6) is -0.0848. The van der Waals surface area contributed by atoms with Gasteiger partial charge in [-0.1, -0.05) is 12.1 Å². The zero-order chi connectivity index (χ0) is 22.8. The van der Waals surface area contributed by atoms with Crippen molar-refractivity contribution in [1.82, 2.24) is 5.32 Å². The summed E-state index contributed by atoms with van der Waals surface area (Å²) < 4.78 is 31.4. The van der Waals surface area contributed by atoms with Crippen molar-refractivity contribution >= 4 is 43.3 Å². The van der Waals surface area contributed by atoms with Gasteiger partial charge >= 0.3 is 0 Å². The molecule has 0 spiro atoms. The number of anilines is 1. The summed E-state index contributed by atoms with van der Waals surface area (Å²) in [4.78, 5) is 25.9. The lowest BCUT2D eigenvalue weighted by atomic mass is 10.1. The molecule has 1 heterocycles. The van der Waals surface area contributed by atoms with Crippen molar-refractivity contribution in [3.63, 3.8) is 0 Å². The van der Waals surface area contributed by atoms with Gasteiger partial charge in [-0.15, -0.1) is 0 Å². The summed E-state index contributed by atoms with van der Waals surface area (Å²) in [7, 11) is -2.15. The van der Waals surface area contributed by atoms with Crippen LogP contribution in [0.15, 0.2) is 45.8 Å². The van der Waals surface area contributed by atoms with Gasteiger partial charge in [-0.05, 0) is 64.7 Å². The molecule has 2 amide bonds. The summed E-state index contributed by atoms with van der Waals surface area (Å²) >= 11 is 3.35. The molecular formula is C22H25BrN2O5S. The quantitative estimate of drug-likeness (QED) is 0.619. The van der Waals surface area contributed by atoms with Gasteiger partial charge in [0, 0.05) is 36.1 Å². The predicted octanol–water partition coefficient (Wildman–Crippen LogP) is 3.24. The molecule has 3 rings (SSSR count). The Morgan fingerprint density at radius 2 is 1.90 bits per heavy atom. The number of ether oxygens (including phenoxy) is 1. The van der Waals surface area contributed by atoms with Gasteiger partial charge in [-0.2, -0.15) is 0 Å². The van der Waals surface area contributed by atoms with Crippen molar-refractivity contribution in [1.29, 1.82) is 0 Å². The highest BCUT2D eigenvalue weighted by atomic mass is 79.9. The minimum Gasteiger partial charge on any atom is -0.497 e. The molecular weight excluding hydrogens is 484 g/mol. The van der Waals surface area contributed by atoms with Gasteiger partial charge in [0.1, 0.15) is 5.75 Å². The van der Waals surface area contributed by atoms with Crippen LogP contribution in [0.25, 0.3) is 0 Å². The molecule has 1 aliphatic heterocycles. The number of hydrogen-bond acceptors (Lipinski definition) is 5. The molecule has 9 heteroatoms. The second-order valence-electron chi connectivity index (χ2n) is 7.55. The maximum atomic E-state index is 12.9. The molecule has 2 aromatic rings. The van der Waals surface area contributed by atoms with Gasteiger partial charge in [0.05, 0.1) is 17.8 Å². The van der Waals surface area contributed by atoms with Crippen LogP contribution < -0.4 is 15.0 Å². The zero-order valence-electron chi connectivity index (χ0n) is 17.6. The van der Waals surface area contributed by atoms with Crippen molar-refractivity contribution < 1.29 is 22.7 Å². The highest BCUT2D eigenvalue weighted by molar-refractivity contribution is 9.10. The Hall–Kier alpha value is -2.39. The normalized spacial score (nSPS) is 15.5. The Labute approximate surface area is 190 Å². The van der Waals surface area contributed by atoms with Crippen molar-refractivity contribution in [2.45, 2.75) is 44.2 Å². The van der Waals surface area contributed by atoms with Gasteiger partial charge in [-0.3, -0.25) is 9.59 Å². The first kappa shape index (κ1) is 23.3. The molecule has 0 saturated heterocycles. The number of nitrogens with one attached hydrogen (secondary N) is 1. The van der Waals surface area contributed by atoms with Crippen LogP contribution in [-0.4, -0.2) is 39.1 Å². The number of halogens is 1. The summed E-state index contributed by atoms with van der Waals surface area (Å²) in [6.45, 7) is 3.70. The highest BCUT2D eigenvalue weighted by Gasteiger charge is 2.32. The fourth-order valence-electron chi connectivity index (χ4n) is 3.71. The van der Waals surface area contributed by atoms with Crippen LogP contribution in [0.5, 0.6) is 5.75 Å². The molecule has 31 heavy (non-hydrogen) atoms. The van der Waals surface area contributed by atoms with E-state index in [2.05, 4.69) is 21.2 Å². The maximum Gasteiger partial charge on any atom is 0.224 e. The zero-order valence-corrected chi connectivity index (χ0v) is 20.0. The van der Waals surface area contributed by atoms with Crippen LogP contribution in [-0.2, 0) is 32.4 Å². The minimum absolute atomic E-state index is 0.0268. The third kappa shape index (κ3) is 5.27. The predicted molar refractivity (Wildman–Crippen MR) is 122 cm³/mol. The molecule has 0 saturated carbocycles. The molecule has 0 fully saturated rings. The molecule has 2 aromatic carbocycles. The topological polar surface area (TPSA) is 92.8 Å². The Bertz CT molecular complexity index is 1100. The molecule has 1 aliphatic rings. The number of fused-ring (bicyclic) bond motifs is 1. The lowest BCUT2D eigenvalue weighted by Gasteiger charge is -2.21. The molecule has 166 valence electrons. The van der Waals surface area contributed by atoms with Gasteiger partial charge in [0.25, 0.3) is 0 Å². The van der Waals surface area contributed by atoms with Gasteiger partial charge in [0.2, 0.25) is 11.8 Å². The lowest BCUT2D eigenvalue weighted by Crippen LogP contribution is -2.33. The standard InChI is InChI=1S/C22H25BrN2O5S/c1-14-10-17-11-19(23)21(12-20(17)25(14)15(2)26)31(28,29)9-8-22(27)24-13-16-4-6-18(30-3)7-5-16/h4-7,11-12,14H,8-10,13H2,1-3H3,(H,24,27)/t14-/m1/s1. The lowest BCUT2D eigenvalue weighted by molar-refractivity contribution is -0.121. The number of rotatable bonds is 7. The number of carbonyl (C=O) groups is 2. The third-order valence-electron chi connectivity index (χ3n) is 5.27. The fraction of sp³-hybridized carbons (Fsp3) is 0.364. The van der Waals surface area contributed by atoms with Crippen LogP contribution in [0.2, 0.25) is 0 Å². The van der Waals surface area contributed by atoms with E-state index in [-0.39, 0.29) is 34.9 Å². The number of amides is 2. The van der Waals surface area contributed by atoms with Gasteiger partial charge in [0.15, 0.2) is 9.84 Å². The second-order valence-corrected chi connectivity index (χ2v) is 10.5. The number of carbonyl (C=O) groups excluding carboxylic acids is 2. The van der Waals surface area contributed by atoms with E-state index in [9.17, 15) is 18.0 Å². The molecule has 0 aliphatic carbocycles. The van der Waals surface area contributed by atoms with E-state index in [0.717, 1.165) is 16.9 Å². The SMILES string of the molecule is COc1ccc(CNC(=O)CCS(=O)(=O)c2cc3c(cc2Br)C[C@@H](C)N3C(C)=O)cc1. The number of hydrogen-bond donors (Lipinski definition) is 1. The van der Waals surface area contributed by atoms with Gasteiger partial charge < -0.3 is 15.0 Å². The first-order valence-corrected chi connectivity index (χ1v) is 12.3. The smallest absolute Gasteiger partial charge is 0.224 e. The Morgan fingerprint density at radius 1 is 1.23 bits per heavy atom. The van der Waals surface area contributed by atoms with E-state index in [4.69, 9.17) is 4.74 Å². The van der Waals surface area contributed by atoms with Crippen LogP contribution in [0.1, 0.15) is 31.4 Å². The van der Waals surface area contributed by atoms with E-state index < -0.39 is 9.84 Å². The van der Waals surface area contributed by atoms with E-state index >= 15 is 0 Å².